The van der Waals surface area contributed by atoms with Crippen molar-refractivity contribution in [2.24, 2.45) is 0 Å². The quantitative estimate of drug-likeness (QED) is 0.856. The van der Waals surface area contributed by atoms with E-state index in [9.17, 15) is 4.79 Å². The largest absolute Gasteiger partial charge is 0.493 e. The molecule has 1 aliphatic heterocycles. The number of aryl methyl sites for hydroxylation is 1. The van der Waals surface area contributed by atoms with E-state index in [1.54, 1.807) is 12.1 Å². The minimum Gasteiger partial charge on any atom is -0.493 e. The molecular formula is C20H20O4. The summed E-state index contributed by atoms with van der Waals surface area (Å²) >= 11 is 0. The third-order valence-electron chi connectivity index (χ3n) is 4.35. The van der Waals surface area contributed by atoms with Gasteiger partial charge in [0.2, 0.25) is 0 Å². The number of hydrogen-bond acceptors (Lipinski definition) is 3. The second-order valence-electron chi connectivity index (χ2n) is 6.73. The summed E-state index contributed by atoms with van der Waals surface area (Å²) in [7, 11) is 0. The van der Waals surface area contributed by atoms with Crippen LogP contribution in [0.2, 0.25) is 0 Å². The van der Waals surface area contributed by atoms with E-state index in [2.05, 4.69) is 31.8 Å². The van der Waals surface area contributed by atoms with E-state index in [0.717, 1.165) is 29.9 Å². The molecule has 0 amide bonds. The second-order valence-corrected chi connectivity index (χ2v) is 6.73. The Kier molecular flexibility index (Phi) is 4.11. The van der Waals surface area contributed by atoms with Crippen LogP contribution in [0.1, 0.15) is 48.5 Å². The molecule has 0 bridgehead atoms. The summed E-state index contributed by atoms with van der Waals surface area (Å²) < 4.78 is 11.2. The van der Waals surface area contributed by atoms with Crippen LogP contribution >= 0.6 is 0 Å². The minimum atomic E-state index is -0.920. The molecule has 1 N–H and O–H groups in total. The Morgan fingerprint density at radius 3 is 2.83 bits per heavy atom. The zero-order chi connectivity index (χ0) is 17.3. The number of fused-ring (bicyclic) bond motifs is 1. The summed E-state index contributed by atoms with van der Waals surface area (Å²) in [5.41, 5.74) is 3.23. The number of carboxylic acids is 1. The molecule has 0 spiro atoms. The van der Waals surface area contributed by atoms with Crippen LogP contribution in [-0.2, 0) is 16.6 Å². The number of carbonyl (C=O) groups is 1. The van der Waals surface area contributed by atoms with Gasteiger partial charge in [-0.3, -0.25) is 4.79 Å². The average molecular weight is 324 g/mol. The highest BCUT2D eigenvalue weighted by atomic mass is 16.5. The Bertz CT molecular complexity index is 846. The first-order valence-corrected chi connectivity index (χ1v) is 7.95. The molecule has 1 aromatic carbocycles. The number of hydrogen-bond donors (Lipinski definition) is 1. The van der Waals surface area contributed by atoms with E-state index >= 15 is 0 Å². The number of rotatable bonds is 2. The molecule has 4 heteroatoms. The fourth-order valence-electron chi connectivity index (χ4n) is 2.83. The maximum atomic E-state index is 10.7. The highest BCUT2D eigenvalue weighted by Crippen LogP contribution is 2.39. The minimum absolute atomic E-state index is 0.0665. The van der Waals surface area contributed by atoms with Crippen LogP contribution in [0.4, 0.5) is 0 Å². The van der Waals surface area contributed by atoms with Gasteiger partial charge in [0.15, 0.2) is 5.76 Å². The molecule has 0 fully saturated rings. The smallest absolute Gasteiger partial charge is 0.311 e. The summed E-state index contributed by atoms with van der Waals surface area (Å²) in [6.07, 6.45) is 0.845. The number of ether oxygens (including phenoxy) is 1. The van der Waals surface area contributed by atoms with Gasteiger partial charge in [-0.25, -0.2) is 0 Å². The molecule has 2 heterocycles. The molecular weight excluding hydrogens is 304 g/mol. The third-order valence-corrected chi connectivity index (χ3v) is 4.35. The molecule has 1 aliphatic rings. The number of carboxylic acid groups (broad SMARTS) is 1. The first-order chi connectivity index (χ1) is 11.3. The van der Waals surface area contributed by atoms with Gasteiger partial charge in [-0.05, 0) is 54.5 Å². The van der Waals surface area contributed by atoms with Gasteiger partial charge in [-0.15, -0.1) is 0 Å². The number of aliphatic carboxylic acids is 1. The normalized spacial score (nSPS) is 15.0. The number of furan rings is 1. The predicted molar refractivity (Wildman–Crippen MR) is 90.3 cm³/mol. The lowest BCUT2D eigenvalue weighted by Crippen LogP contribution is -2.26. The molecule has 3 rings (SSSR count). The molecule has 124 valence electrons. The summed E-state index contributed by atoms with van der Waals surface area (Å²) in [6, 6.07) is 7.48. The fourth-order valence-corrected chi connectivity index (χ4v) is 2.83. The Balaban J connectivity index is 1.91. The van der Waals surface area contributed by atoms with Gasteiger partial charge in [0.05, 0.1) is 6.61 Å². The van der Waals surface area contributed by atoms with Crippen LogP contribution in [0, 0.1) is 18.8 Å². The highest BCUT2D eigenvalue weighted by Gasteiger charge is 2.29. The molecule has 0 saturated carbocycles. The summed E-state index contributed by atoms with van der Waals surface area (Å²) in [4.78, 5) is 10.7. The van der Waals surface area contributed by atoms with Crippen molar-refractivity contribution < 1.29 is 19.1 Å². The molecule has 4 nitrogen and oxygen atoms in total. The lowest BCUT2D eigenvalue weighted by atomic mass is 9.78. The monoisotopic (exact) mass is 324 g/mol. The van der Waals surface area contributed by atoms with Crippen molar-refractivity contribution >= 4 is 5.97 Å². The van der Waals surface area contributed by atoms with Crippen LogP contribution < -0.4 is 4.74 Å². The van der Waals surface area contributed by atoms with Gasteiger partial charge in [-0.1, -0.05) is 19.8 Å². The van der Waals surface area contributed by atoms with E-state index < -0.39 is 5.97 Å². The van der Waals surface area contributed by atoms with E-state index in [-0.39, 0.29) is 11.8 Å². The van der Waals surface area contributed by atoms with Crippen molar-refractivity contribution in [1.29, 1.82) is 0 Å². The zero-order valence-corrected chi connectivity index (χ0v) is 14.1. The Morgan fingerprint density at radius 1 is 1.29 bits per heavy atom. The maximum absolute atomic E-state index is 10.7. The SMILES string of the molecule is Cc1cc2c(cc1C#Cc1ccc(CC(=O)O)o1)C(C)(C)CCO2. The molecule has 0 atom stereocenters. The van der Waals surface area contributed by atoms with Crippen LogP contribution in [0.15, 0.2) is 28.7 Å². The van der Waals surface area contributed by atoms with Gasteiger partial charge in [0, 0.05) is 11.1 Å². The van der Waals surface area contributed by atoms with Gasteiger partial charge in [-0.2, -0.15) is 0 Å². The molecule has 1 aromatic heterocycles. The Labute approximate surface area is 141 Å². The average Bonchev–Trinajstić information content (AvgIpc) is 2.92. The van der Waals surface area contributed by atoms with Crippen molar-refractivity contribution in [3.05, 3.63) is 52.5 Å². The fraction of sp³-hybridized carbons (Fsp3) is 0.350. The zero-order valence-electron chi connectivity index (χ0n) is 14.1. The predicted octanol–water partition coefficient (Wildman–Crippen LogP) is 3.68. The van der Waals surface area contributed by atoms with E-state index in [1.807, 2.05) is 13.0 Å². The van der Waals surface area contributed by atoms with Gasteiger partial charge < -0.3 is 14.3 Å². The van der Waals surface area contributed by atoms with Crippen LogP contribution in [0.3, 0.4) is 0 Å². The van der Waals surface area contributed by atoms with E-state index in [1.165, 1.54) is 5.56 Å². The van der Waals surface area contributed by atoms with Crippen LogP contribution in [-0.4, -0.2) is 17.7 Å². The Hall–Kier alpha value is -2.67. The van der Waals surface area contributed by atoms with Crippen molar-refractivity contribution in [1.82, 2.24) is 0 Å². The molecule has 24 heavy (non-hydrogen) atoms. The summed E-state index contributed by atoms with van der Waals surface area (Å²) in [5.74, 6) is 7.01. The highest BCUT2D eigenvalue weighted by molar-refractivity contribution is 5.69. The van der Waals surface area contributed by atoms with Gasteiger partial charge >= 0.3 is 5.97 Å². The van der Waals surface area contributed by atoms with Crippen molar-refractivity contribution in [3.8, 4) is 17.6 Å². The first-order valence-electron chi connectivity index (χ1n) is 7.95. The van der Waals surface area contributed by atoms with Crippen molar-refractivity contribution in [2.75, 3.05) is 6.61 Å². The topological polar surface area (TPSA) is 59.7 Å². The Morgan fingerprint density at radius 2 is 2.08 bits per heavy atom. The molecule has 0 unspecified atom stereocenters. The lowest BCUT2D eigenvalue weighted by molar-refractivity contribution is -0.136. The van der Waals surface area contributed by atoms with Crippen molar-refractivity contribution in [3.63, 3.8) is 0 Å². The van der Waals surface area contributed by atoms with Crippen LogP contribution in [0.25, 0.3) is 0 Å². The third kappa shape index (κ3) is 3.30. The molecule has 0 radical (unpaired) electrons. The lowest BCUT2D eigenvalue weighted by Gasteiger charge is -2.32. The summed E-state index contributed by atoms with van der Waals surface area (Å²) in [6.45, 7) is 7.17. The standard InChI is InChI=1S/C20H20O4/c1-13-10-18-17(20(2,3)8-9-23-18)11-14(13)4-5-15-6-7-16(24-15)12-19(21)22/h6-7,10-11H,8-9,12H2,1-3H3,(H,21,22). The van der Waals surface area contributed by atoms with Crippen molar-refractivity contribution in [2.45, 2.75) is 39.0 Å². The summed E-state index contributed by atoms with van der Waals surface area (Å²) in [5, 5.41) is 8.77. The molecule has 0 aliphatic carbocycles. The van der Waals surface area contributed by atoms with Gasteiger partial charge in [0.1, 0.15) is 17.9 Å². The van der Waals surface area contributed by atoms with E-state index in [0.29, 0.717) is 11.5 Å². The molecule has 0 saturated heterocycles. The van der Waals surface area contributed by atoms with Crippen LogP contribution in [0.5, 0.6) is 5.75 Å². The second kappa shape index (κ2) is 6.09. The molecule has 2 aromatic rings. The van der Waals surface area contributed by atoms with Gasteiger partial charge in [0.25, 0.3) is 0 Å². The first kappa shape index (κ1) is 16.2. The van der Waals surface area contributed by atoms with E-state index in [4.69, 9.17) is 14.3 Å². The maximum Gasteiger partial charge on any atom is 0.311 e. The number of benzene rings is 1.